The third-order valence-electron chi connectivity index (χ3n) is 8.72. The number of hydrogen-bond donors (Lipinski definition) is 1. The van der Waals surface area contributed by atoms with E-state index < -0.39 is 0 Å². The first kappa shape index (κ1) is 27.4. The lowest BCUT2D eigenvalue weighted by molar-refractivity contribution is 0.0143. The molecule has 0 radical (unpaired) electrons. The van der Waals surface area contributed by atoms with Crippen molar-refractivity contribution < 1.29 is 0 Å². The van der Waals surface area contributed by atoms with Crippen molar-refractivity contribution in [3.8, 4) is 0 Å². The molecule has 3 aliphatic rings. The maximum absolute atomic E-state index is 5.05. The number of fused-ring (bicyclic) bond motifs is 2. The summed E-state index contributed by atoms with van der Waals surface area (Å²) in [4.78, 5) is 13.7. The summed E-state index contributed by atoms with van der Waals surface area (Å²) in [6, 6.07) is 16.8. The highest BCUT2D eigenvalue weighted by Gasteiger charge is 2.54. The van der Waals surface area contributed by atoms with Crippen LogP contribution in [0.15, 0.2) is 63.4 Å². The number of rotatable bonds is 6. The monoisotopic (exact) mass is 528 g/mol. The lowest BCUT2D eigenvalue weighted by Gasteiger charge is -2.48. The molecule has 2 aliphatic carbocycles. The molecule has 2 fully saturated rings. The number of aryl methyl sites for hydroxylation is 2. The molecule has 5 rings (SSSR count). The fourth-order valence-corrected chi connectivity index (χ4v) is 7.18. The van der Waals surface area contributed by atoms with Gasteiger partial charge in [0.25, 0.3) is 0 Å². The van der Waals surface area contributed by atoms with Crippen molar-refractivity contribution in [3.05, 3.63) is 70.8 Å². The molecule has 0 amide bonds. The molecule has 4 nitrogen and oxygen atoms in total. The minimum absolute atomic E-state index is 0.542. The van der Waals surface area contributed by atoms with E-state index in [4.69, 9.17) is 4.99 Å². The molecule has 2 aromatic rings. The molecule has 0 aromatic heterocycles. The fraction of sp³-hybridized carbons (Fsp3) is 0.515. The molecule has 1 atom stereocenters. The first-order valence-corrected chi connectivity index (χ1v) is 15.2. The number of nitrogens with zero attached hydrogens (tertiary/aromatic N) is 3. The summed E-state index contributed by atoms with van der Waals surface area (Å²) in [5.74, 6) is 0.660. The zero-order valence-electron chi connectivity index (χ0n) is 23.7. The minimum Gasteiger partial charge on any atom is -0.293 e. The Labute approximate surface area is 234 Å². The van der Waals surface area contributed by atoms with Gasteiger partial charge in [-0.25, -0.2) is 4.72 Å². The van der Waals surface area contributed by atoms with E-state index in [0.717, 1.165) is 30.8 Å². The quantitative estimate of drug-likeness (QED) is 0.305. The van der Waals surface area contributed by atoms with E-state index in [1.807, 2.05) is 0 Å². The first-order valence-electron chi connectivity index (χ1n) is 14.4. The number of allylic oxidation sites excluding steroid dienone is 1. The second-order valence-electron chi connectivity index (χ2n) is 12.2. The lowest BCUT2D eigenvalue weighted by Crippen LogP contribution is -2.50. The summed E-state index contributed by atoms with van der Waals surface area (Å²) >= 11 is 1.68. The van der Waals surface area contributed by atoms with E-state index in [1.165, 1.54) is 59.3 Å². The summed E-state index contributed by atoms with van der Waals surface area (Å²) < 4.78 is 3.47. The molecule has 1 heterocycles. The molecule has 1 unspecified atom stereocenters. The molecular formula is C33H44N4S. The Kier molecular flexibility index (Phi) is 8.56. The van der Waals surface area contributed by atoms with Gasteiger partial charge in [0.1, 0.15) is 0 Å². The Hall–Kier alpha value is -2.21. The molecule has 2 aromatic carbocycles. The molecule has 1 aliphatic heterocycles. The van der Waals surface area contributed by atoms with Crippen LogP contribution in [0.2, 0.25) is 0 Å². The van der Waals surface area contributed by atoms with E-state index in [9.17, 15) is 0 Å². The zero-order chi connectivity index (χ0) is 26.7. The third kappa shape index (κ3) is 6.50. The van der Waals surface area contributed by atoms with Gasteiger partial charge >= 0.3 is 0 Å². The predicted molar refractivity (Wildman–Crippen MR) is 164 cm³/mol. The van der Waals surface area contributed by atoms with Crippen LogP contribution >= 0.6 is 11.9 Å². The SMILES string of the molecule is C=N/C(=C\C1=N/CNSc2cccc(c2)CN(C2CC3(CC3)C2)C(CC(C)C)CC1)c1c(C)cccc1C. The van der Waals surface area contributed by atoms with Crippen molar-refractivity contribution in [1.29, 1.82) is 0 Å². The van der Waals surface area contributed by atoms with E-state index >= 15 is 0 Å². The van der Waals surface area contributed by atoms with Crippen molar-refractivity contribution in [2.75, 3.05) is 6.67 Å². The first-order chi connectivity index (χ1) is 18.4. The third-order valence-corrected chi connectivity index (χ3v) is 9.48. The van der Waals surface area contributed by atoms with Crippen molar-refractivity contribution in [3.63, 3.8) is 0 Å². The number of nitrogens with one attached hydrogen (secondary N) is 1. The van der Waals surface area contributed by atoms with Crippen LogP contribution in [0.1, 0.15) is 81.0 Å². The Morgan fingerprint density at radius 1 is 1.18 bits per heavy atom. The van der Waals surface area contributed by atoms with Crippen LogP contribution in [0.3, 0.4) is 0 Å². The van der Waals surface area contributed by atoms with Gasteiger partial charge in [-0.3, -0.25) is 14.9 Å². The summed E-state index contributed by atoms with van der Waals surface area (Å²) in [6.07, 6.45) is 11.1. The lowest BCUT2D eigenvalue weighted by atomic mass is 9.75. The molecule has 1 spiro atoms. The fourth-order valence-electron chi connectivity index (χ4n) is 6.53. The largest absolute Gasteiger partial charge is 0.293 e. The van der Waals surface area contributed by atoms with Gasteiger partial charge in [-0.05, 0) is 124 Å². The van der Waals surface area contributed by atoms with Crippen LogP contribution in [-0.4, -0.2) is 36.1 Å². The maximum Gasteiger partial charge on any atom is 0.0980 e. The zero-order valence-corrected chi connectivity index (χ0v) is 24.5. The Balaban J connectivity index is 1.47. The normalized spacial score (nSPS) is 24.1. The van der Waals surface area contributed by atoms with Gasteiger partial charge in [0.05, 0.1) is 12.4 Å². The second-order valence-corrected chi connectivity index (χ2v) is 13.2. The smallest absolute Gasteiger partial charge is 0.0980 e. The van der Waals surface area contributed by atoms with Crippen LogP contribution < -0.4 is 4.72 Å². The Bertz CT molecular complexity index is 1180. The van der Waals surface area contributed by atoms with Crippen molar-refractivity contribution in [2.45, 2.75) is 96.2 Å². The molecule has 2 saturated carbocycles. The summed E-state index contributed by atoms with van der Waals surface area (Å²) in [6.45, 7) is 14.6. The van der Waals surface area contributed by atoms with Crippen LogP contribution in [0.25, 0.3) is 5.70 Å². The van der Waals surface area contributed by atoms with Gasteiger partial charge in [-0.1, -0.05) is 44.2 Å². The highest BCUT2D eigenvalue weighted by Crippen LogP contribution is 2.62. The average Bonchev–Trinajstić information content (AvgIpc) is 3.66. The summed E-state index contributed by atoms with van der Waals surface area (Å²) in [7, 11) is 0. The number of aliphatic imine (C=N–C) groups is 2. The molecule has 0 saturated heterocycles. The molecule has 2 bridgehead atoms. The average molecular weight is 529 g/mol. The van der Waals surface area contributed by atoms with Gasteiger partial charge in [-0.2, -0.15) is 0 Å². The highest BCUT2D eigenvalue weighted by atomic mass is 32.2. The maximum atomic E-state index is 5.05. The number of hydrogen-bond acceptors (Lipinski definition) is 5. The van der Waals surface area contributed by atoms with Crippen LogP contribution in [0, 0.1) is 25.2 Å². The highest BCUT2D eigenvalue weighted by molar-refractivity contribution is 7.97. The van der Waals surface area contributed by atoms with Gasteiger partial charge in [0.15, 0.2) is 0 Å². The van der Waals surface area contributed by atoms with Crippen LogP contribution in [0.5, 0.6) is 0 Å². The Morgan fingerprint density at radius 2 is 1.92 bits per heavy atom. The molecular weight excluding hydrogens is 484 g/mol. The van der Waals surface area contributed by atoms with Gasteiger partial charge < -0.3 is 0 Å². The molecule has 38 heavy (non-hydrogen) atoms. The molecule has 202 valence electrons. The summed E-state index contributed by atoms with van der Waals surface area (Å²) in [5, 5.41) is 0. The van der Waals surface area contributed by atoms with Crippen LogP contribution in [-0.2, 0) is 6.54 Å². The van der Waals surface area contributed by atoms with Gasteiger partial charge in [0, 0.05) is 34.8 Å². The van der Waals surface area contributed by atoms with E-state index in [2.05, 4.69) is 97.6 Å². The van der Waals surface area contributed by atoms with Crippen molar-refractivity contribution in [2.24, 2.45) is 21.3 Å². The Morgan fingerprint density at radius 3 is 2.61 bits per heavy atom. The molecule has 1 N–H and O–H groups in total. The van der Waals surface area contributed by atoms with Gasteiger partial charge in [0.2, 0.25) is 0 Å². The van der Waals surface area contributed by atoms with E-state index in [0.29, 0.717) is 30.1 Å². The van der Waals surface area contributed by atoms with Gasteiger partial charge in [-0.15, -0.1) is 0 Å². The van der Waals surface area contributed by atoms with Crippen molar-refractivity contribution in [1.82, 2.24) is 9.62 Å². The molecule has 5 heteroatoms. The summed E-state index contributed by atoms with van der Waals surface area (Å²) in [5.41, 5.74) is 7.78. The second kappa shape index (κ2) is 11.9. The standard InChI is InChI=1S/C33H44N4S/c1-23(2)16-28-13-12-27(18-31(34-5)32-24(3)8-6-9-25(32)4)35-22-36-38-30-11-7-10-26(17-30)21-37(28)29-19-33(20-29)14-15-33/h6-11,17-18,23,28-29,36H,5,12-16,19-22H2,1-4H3/b31-18-,35-27-. The topological polar surface area (TPSA) is 40.0 Å². The van der Waals surface area contributed by atoms with Crippen LogP contribution in [0.4, 0.5) is 0 Å². The predicted octanol–water partition coefficient (Wildman–Crippen LogP) is 7.99. The van der Waals surface area contributed by atoms with E-state index in [-0.39, 0.29) is 0 Å². The minimum atomic E-state index is 0.542. The van der Waals surface area contributed by atoms with Crippen molar-refractivity contribution >= 4 is 30.1 Å². The number of benzene rings is 2. The van der Waals surface area contributed by atoms with E-state index in [1.54, 1.807) is 11.9 Å².